The van der Waals surface area contributed by atoms with Gasteiger partial charge < -0.3 is 14.8 Å². The van der Waals surface area contributed by atoms with Crippen LogP contribution in [0.2, 0.25) is 0 Å². The Morgan fingerprint density at radius 1 is 1.03 bits per heavy atom. The van der Waals surface area contributed by atoms with Gasteiger partial charge in [-0.25, -0.2) is 4.98 Å². The van der Waals surface area contributed by atoms with E-state index in [1.54, 1.807) is 4.90 Å². The van der Waals surface area contributed by atoms with E-state index in [1.807, 2.05) is 67.1 Å². The minimum Gasteiger partial charge on any atom is -0.353 e. The highest BCUT2D eigenvalue weighted by molar-refractivity contribution is 6.00. The van der Waals surface area contributed by atoms with Gasteiger partial charge in [-0.1, -0.05) is 54.6 Å². The van der Waals surface area contributed by atoms with Crippen LogP contribution in [0.4, 0.5) is 0 Å². The molecule has 1 aromatic heterocycles. The number of aryl methyl sites for hydroxylation is 2. The van der Waals surface area contributed by atoms with Crippen molar-refractivity contribution in [3.8, 4) is 11.1 Å². The fourth-order valence-electron chi connectivity index (χ4n) is 4.47. The van der Waals surface area contributed by atoms with Gasteiger partial charge in [0.15, 0.2) is 0 Å². The first kappa shape index (κ1) is 20.9. The van der Waals surface area contributed by atoms with Crippen molar-refractivity contribution in [2.45, 2.75) is 19.4 Å². The summed E-state index contributed by atoms with van der Waals surface area (Å²) < 4.78 is 2.00. The number of hydrogen-bond donors (Lipinski definition) is 1. The second kappa shape index (κ2) is 8.54. The summed E-state index contributed by atoms with van der Waals surface area (Å²) in [5.41, 5.74) is 5.62. The number of nitrogens with one attached hydrogen (secondary N) is 1. The molecule has 1 fully saturated rings. The number of carbonyl (C=O) groups excluding carboxylic acids is 2. The van der Waals surface area contributed by atoms with Gasteiger partial charge in [0.25, 0.3) is 5.91 Å². The van der Waals surface area contributed by atoms with Crippen LogP contribution < -0.4 is 5.32 Å². The number of carbonyl (C=O) groups is 2. The van der Waals surface area contributed by atoms with Crippen LogP contribution in [0.15, 0.2) is 72.8 Å². The van der Waals surface area contributed by atoms with Crippen LogP contribution in [0.3, 0.4) is 0 Å². The molecule has 6 heteroatoms. The quantitative estimate of drug-likeness (QED) is 0.528. The van der Waals surface area contributed by atoms with Gasteiger partial charge >= 0.3 is 0 Å². The zero-order chi connectivity index (χ0) is 22.9. The van der Waals surface area contributed by atoms with Crippen LogP contribution in [0.5, 0.6) is 0 Å². The van der Waals surface area contributed by atoms with E-state index in [9.17, 15) is 9.59 Å². The van der Waals surface area contributed by atoms with Gasteiger partial charge in [-0.05, 0) is 41.8 Å². The molecule has 2 amide bonds. The van der Waals surface area contributed by atoms with Crippen LogP contribution in [0, 0.1) is 6.92 Å². The molecule has 0 unspecified atom stereocenters. The molecule has 1 atom stereocenters. The third kappa shape index (κ3) is 4.00. The average molecular weight is 439 g/mol. The Morgan fingerprint density at radius 3 is 2.52 bits per heavy atom. The predicted molar refractivity (Wildman–Crippen MR) is 129 cm³/mol. The Hall–Kier alpha value is -3.93. The van der Waals surface area contributed by atoms with Gasteiger partial charge in [0.05, 0.1) is 11.0 Å². The minimum atomic E-state index is -0.546. The zero-order valence-corrected chi connectivity index (χ0v) is 18.8. The van der Waals surface area contributed by atoms with E-state index in [4.69, 9.17) is 0 Å². The fourth-order valence-corrected chi connectivity index (χ4v) is 4.47. The Morgan fingerprint density at radius 2 is 1.76 bits per heavy atom. The molecule has 5 rings (SSSR count). The van der Waals surface area contributed by atoms with Crippen molar-refractivity contribution in [1.82, 2.24) is 19.8 Å². The Bertz CT molecular complexity index is 1330. The van der Waals surface area contributed by atoms with Crippen molar-refractivity contribution in [2.24, 2.45) is 7.05 Å². The SMILES string of the molecule is Cc1nc2cc(C(=O)N3CCNC(=O)[C@@H]3Cc3ccc(-c4ccccc4)cc3)ccc2n1C. The Balaban J connectivity index is 1.39. The van der Waals surface area contributed by atoms with Gasteiger partial charge in [0.1, 0.15) is 11.9 Å². The molecule has 166 valence electrons. The molecule has 0 spiro atoms. The van der Waals surface area contributed by atoms with E-state index in [-0.39, 0.29) is 11.8 Å². The number of imidazole rings is 1. The summed E-state index contributed by atoms with van der Waals surface area (Å²) in [6.07, 6.45) is 0.470. The lowest BCUT2D eigenvalue weighted by Crippen LogP contribution is -2.58. The zero-order valence-electron chi connectivity index (χ0n) is 18.8. The monoisotopic (exact) mass is 438 g/mol. The predicted octanol–water partition coefficient (Wildman–Crippen LogP) is 3.73. The molecular weight excluding hydrogens is 412 g/mol. The Kier molecular flexibility index (Phi) is 5.42. The first-order valence-corrected chi connectivity index (χ1v) is 11.2. The summed E-state index contributed by atoms with van der Waals surface area (Å²) in [5.74, 6) is 0.640. The highest BCUT2D eigenvalue weighted by Gasteiger charge is 2.33. The van der Waals surface area contributed by atoms with Gasteiger partial charge in [0, 0.05) is 32.1 Å². The standard InChI is InChI=1S/C27H26N4O2/c1-18-29-23-17-22(12-13-24(23)30(18)2)27(33)31-15-14-28-26(32)25(31)16-19-8-10-21(11-9-19)20-6-4-3-5-7-20/h3-13,17,25H,14-16H2,1-2H3,(H,28,32)/t25-/m0/s1. The molecule has 1 aliphatic heterocycles. The highest BCUT2D eigenvalue weighted by atomic mass is 16.2. The molecule has 6 nitrogen and oxygen atoms in total. The van der Waals surface area contributed by atoms with Crippen LogP contribution >= 0.6 is 0 Å². The van der Waals surface area contributed by atoms with Crippen molar-refractivity contribution in [3.63, 3.8) is 0 Å². The van der Waals surface area contributed by atoms with E-state index in [2.05, 4.69) is 34.6 Å². The molecule has 2 heterocycles. The van der Waals surface area contributed by atoms with Crippen molar-refractivity contribution < 1.29 is 9.59 Å². The summed E-state index contributed by atoms with van der Waals surface area (Å²) in [7, 11) is 1.96. The summed E-state index contributed by atoms with van der Waals surface area (Å²) in [4.78, 5) is 32.4. The summed E-state index contributed by atoms with van der Waals surface area (Å²) in [6, 6.07) is 23.4. The van der Waals surface area contributed by atoms with Crippen LogP contribution in [-0.4, -0.2) is 45.4 Å². The number of rotatable bonds is 4. The lowest BCUT2D eigenvalue weighted by molar-refractivity contribution is -0.127. The minimum absolute atomic E-state index is 0.114. The topological polar surface area (TPSA) is 67.2 Å². The maximum absolute atomic E-state index is 13.4. The Labute approximate surface area is 192 Å². The van der Waals surface area contributed by atoms with E-state index < -0.39 is 6.04 Å². The first-order valence-electron chi connectivity index (χ1n) is 11.2. The molecule has 33 heavy (non-hydrogen) atoms. The van der Waals surface area contributed by atoms with Crippen molar-refractivity contribution in [3.05, 3.63) is 89.7 Å². The lowest BCUT2D eigenvalue weighted by Gasteiger charge is -2.35. The second-order valence-corrected chi connectivity index (χ2v) is 8.49. The highest BCUT2D eigenvalue weighted by Crippen LogP contribution is 2.23. The smallest absolute Gasteiger partial charge is 0.254 e. The molecule has 1 N–H and O–H groups in total. The largest absolute Gasteiger partial charge is 0.353 e. The molecule has 3 aromatic carbocycles. The van der Waals surface area contributed by atoms with Crippen LogP contribution in [0.1, 0.15) is 21.7 Å². The van der Waals surface area contributed by atoms with Crippen LogP contribution in [0.25, 0.3) is 22.2 Å². The molecule has 0 radical (unpaired) electrons. The van der Waals surface area contributed by atoms with E-state index >= 15 is 0 Å². The number of benzene rings is 3. The molecule has 4 aromatic rings. The second-order valence-electron chi connectivity index (χ2n) is 8.49. The van der Waals surface area contributed by atoms with E-state index in [0.29, 0.717) is 25.1 Å². The van der Waals surface area contributed by atoms with Gasteiger partial charge in [-0.15, -0.1) is 0 Å². The van der Waals surface area contributed by atoms with E-state index in [1.165, 1.54) is 0 Å². The average Bonchev–Trinajstić information content (AvgIpc) is 3.13. The molecular formula is C27H26N4O2. The molecule has 0 bridgehead atoms. The number of piperazine rings is 1. The van der Waals surface area contributed by atoms with Gasteiger partial charge in [0.2, 0.25) is 5.91 Å². The van der Waals surface area contributed by atoms with Crippen molar-refractivity contribution in [1.29, 1.82) is 0 Å². The first-order chi connectivity index (χ1) is 16.0. The molecule has 0 saturated carbocycles. The van der Waals surface area contributed by atoms with Crippen LogP contribution in [-0.2, 0) is 18.3 Å². The van der Waals surface area contributed by atoms with E-state index in [0.717, 1.165) is 33.5 Å². The molecule has 0 aliphatic carbocycles. The summed E-state index contributed by atoms with van der Waals surface area (Å²) in [5, 5.41) is 2.92. The normalized spacial score (nSPS) is 16.1. The lowest BCUT2D eigenvalue weighted by atomic mass is 9.98. The fraction of sp³-hybridized carbons (Fsp3) is 0.222. The number of fused-ring (bicyclic) bond motifs is 1. The maximum atomic E-state index is 13.4. The number of amides is 2. The van der Waals surface area contributed by atoms with Crippen molar-refractivity contribution in [2.75, 3.05) is 13.1 Å². The number of aromatic nitrogens is 2. The van der Waals surface area contributed by atoms with Crippen molar-refractivity contribution >= 4 is 22.8 Å². The van der Waals surface area contributed by atoms with Gasteiger partial charge in [-0.2, -0.15) is 0 Å². The number of hydrogen-bond acceptors (Lipinski definition) is 3. The summed E-state index contributed by atoms with van der Waals surface area (Å²) >= 11 is 0. The molecule has 1 aliphatic rings. The number of nitrogens with zero attached hydrogens (tertiary/aromatic N) is 3. The summed E-state index contributed by atoms with van der Waals surface area (Å²) in [6.45, 7) is 2.88. The van der Waals surface area contributed by atoms with Gasteiger partial charge in [-0.3, -0.25) is 9.59 Å². The molecule has 1 saturated heterocycles. The third-order valence-corrected chi connectivity index (χ3v) is 6.43. The third-order valence-electron chi connectivity index (χ3n) is 6.43. The maximum Gasteiger partial charge on any atom is 0.254 e.